The molecule has 0 aliphatic carbocycles. The monoisotopic (exact) mass is 337 g/mol. The van der Waals surface area contributed by atoms with E-state index in [0.717, 1.165) is 5.69 Å². The molecule has 0 aliphatic heterocycles. The molecule has 118 valence electrons. The molecule has 0 spiro atoms. The summed E-state index contributed by atoms with van der Waals surface area (Å²) in [6, 6.07) is 14.1. The second kappa shape index (κ2) is 6.57. The van der Waals surface area contributed by atoms with E-state index in [0.29, 0.717) is 21.7 Å². The van der Waals surface area contributed by atoms with Crippen molar-refractivity contribution >= 4 is 39.7 Å². The molecule has 2 aromatic carbocycles. The molecule has 3 aromatic rings. The highest BCUT2D eigenvalue weighted by Gasteiger charge is 2.11. The van der Waals surface area contributed by atoms with Crippen molar-refractivity contribution in [3.8, 4) is 6.07 Å². The van der Waals surface area contributed by atoms with Crippen LogP contribution >= 0.6 is 11.6 Å². The van der Waals surface area contributed by atoms with E-state index in [1.54, 1.807) is 42.5 Å². The number of fused-ring (bicyclic) bond motifs is 1. The maximum atomic E-state index is 11.3. The number of hydrogen-bond acceptors (Lipinski definition) is 5. The van der Waals surface area contributed by atoms with Gasteiger partial charge in [0.15, 0.2) is 11.4 Å². The van der Waals surface area contributed by atoms with Crippen molar-refractivity contribution in [1.82, 2.24) is 4.98 Å². The summed E-state index contributed by atoms with van der Waals surface area (Å²) in [7, 11) is 0. The standard InChI is InChI=1S/C18H12ClN3O2/c1-11(23)12-2-5-15(6-3-12)21-10-13(9-20)18-22-16-8-14(19)4-7-17(16)24-18/h2-8,10,21H,1H3/b13-10+. The number of benzene rings is 2. The normalized spacial score (nSPS) is 11.3. The Labute approximate surface area is 143 Å². The van der Waals surface area contributed by atoms with Gasteiger partial charge >= 0.3 is 0 Å². The van der Waals surface area contributed by atoms with Crippen LogP contribution in [-0.4, -0.2) is 10.8 Å². The number of aromatic nitrogens is 1. The maximum Gasteiger partial charge on any atom is 0.239 e. The molecule has 5 nitrogen and oxygen atoms in total. The molecule has 0 unspecified atom stereocenters. The van der Waals surface area contributed by atoms with E-state index in [2.05, 4.69) is 10.3 Å². The Balaban J connectivity index is 1.85. The van der Waals surface area contributed by atoms with Gasteiger partial charge in [0.25, 0.3) is 0 Å². The van der Waals surface area contributed by atoms with Crippen LogP contribution in [0.25, 0.3) is 16.7 Å². The van der Waals surface area contributed by atoms with Gasteiger partial charge in [-0.05, 0) is 49.4 Å². The predicted molar refractivity (Wildman–Crippen MR) is 92.7 cm³/mol. The van der Waals surface area contributed by atoms with Gasteiger partial charge in [-0.1, -0.05) is 11.6 Å². The third-order valence-electron chi connectivity index (χ3n) is 3.38. The highest BCUT2D eigenvalue weighted by Crippen LogP contribution is 2.23. The number of nitrogens with one attached hydrogen (secondary N) is 1. The molecule has 0 saturated heterocycles. The first-order chi connectivity index (χ1) is 11.6. The Bertz CT molecular complexity index is 982. The number of Topliss-reactive ketones (excluding diaryl/α,β-unsaturated/α-hetero) is 1. The summed E-state index contributed by atoms with van der Waals surface area (Å²) in [4.78, 5) is 15.5. The summed E-state index contributed by atoms with van der Waals surface area (Å²) in [5.41, 5.74) is 2.76. The van der Waals surface area contributed by atoms with Gasteiger partial charge in [-0.15, -0.1) is 0 Å². The number of anilines is 1. The number of nitriles is 1. The molecule has 24 heavy (non-hydrogen) atoms. The van der Waals surface area contributed by atoms with E-state index in [1.807, 2.05) is 6.07 Å². The predicted octanol–water partition coefficient (Wildman–Crippen LogP) is 4.66. The van der Waals surface area contributed by atoms with Gasteiger partial charge in [-0.3, -0.25) is 4.79 Å². The Kier molecular flexibility index (Phi) is 4.32. The number of carbonyl (C=O) groups excluding carboxylic acids is 1. The Morgan fingerprint density at radius 2 is 2.04 bits per heavy atom. The number of oxazole rings is 1. The molecular weight excluding hydrogens is 326 g/mol. The fourth-order valence-corrected chi connectivity index (χ4v) is 2.28. The van der Waals surface area contributed by atoms with Crippen molar-refractivity contribution in [2.75, 3.05) is 5.32 Å². The Morgan fingerprint density at radius 1 is 1.29 bits per heavy atom. The third-order valence-corrected chi connectivity index (χ3v) is 3.61. The van der Waals surface area contributed by atoms with E-state index >= 15 is 0 Å². The van der Waals surface area contributed by atoms with E-state index in [1.165, 1.54) is 13.1 Å². The lowest BCUT2D eigenvalue weighted by molar-refractivity contribution is 0.101. The maximum absolute atomic E-state index is 11.3. The summed E-state index contributed by atoms with van der Waals surface area (Å²) >= 11 is 5.92. The SMILES string of the molecule is CC(=O)c1ccc(N/C=C(\C#N)c2nc3cc(Cl)ccc3o2)cc1. The topological polar surface area (TPSA) is 78.9 Å². The van der Waals surface area contributed by atoms with E-state index in [4.69, 9.17) is 16.0 Å². The van der Waals surface area contributed by atoms with Crippen LogP contribution in [0.15, 0.2) is 53.1 Å². The van der Waals surface area contributed by atoms with Gasteiger partial charge in [0.2, 0.25) is 5.89 Å². The molecule has 1 N–H and O–H groups in total. The molecule has 0 bridgehead atoms. The van der Waals surface area contributed by atoms with E-state index in [-0.39, 0.29) is 17.2 Å². The molecule has 0 saturated carbocycles. The number of halogens is 1. The lowest BCUT2D eigenvalue weighted by Crippen LogP contribution is -1.94. The van der Waals surface area contributed by atoms with Crippen LogP contribution in [0.1, 0.15) is 23.2 Å². The van der Waals surface area contributed by atoms with Crippen molar-refractivity contribution in [3.63, 3.8) is 0 Å². The minimum absolute atomic E-state index is 0.0000533. The van der Waals surface area contributed by atoms with E-state index < -0.39 is 0 Å². The zero-order valence-electron chi connectivity index (χ0n) is 12.7. The number of hydrogen-bond donors (Lipinski definition) is 1. The minimum Gasteiger partial charge on any atom is -0.435 e. The summed E-state index contributed by atoms with van der Waals surface area (Å²) < 4.78 is 5.57. The summed E-state index contributed by atoms with van der Waals surface area (Å²) in [6.45, 7) is 1.51. The molecule has 0 radical (unpaired) electrons. The molecule has 6 heteroatoms. The van der Waals surface area contributed by atoms with Crippen molar-refractivity contribution in [2.24, 2.45) is 0 Å². The number of allylic oxidation sites excluding steroid dienone is 1. The largest absolute Gasteiger partial charge is 0.435 e. The van der Waals surface area contributed by atoms with Crippen LogP contribution < -0.4 is 5.32 Å². The first-order valence-electron chi connectivity index (χ1n) is 7.11. The Hall–Kier alpha value is -3.10. The lowest BCUT2D eigenvalue weighted by atomic mass is 10.1. The smallest absolute Gasteiger partial charge is 0.239 e. The average molecular weight is 338 g/mol. The van der Waals surface area contributed by atoms with Crippen molar-refractivity contribution in [1.29, 1.82) is 5.26 Å². The lowest BCUT2D eigenvalue weighted by Gasteiger charge is -2.02. The van der Waals surface area contributed by atoms with Crippen LogP contribution in [0.4, 0.5) is 5.69 Å². The minimum atomic E-state index is -0.0000533. The number of rotatable bonds is 4. The summed E-state index contributed by atoms with van der Waals surface area (Å²) in [5.74, 6) is 0.211. The third kappa shape index (κ3) is 3.29. The van der Waals surface area contributed by atoms with Crippen LogP contribution in [0.5, 0.6) is 0 Å². The van der Waals surface area contributed by atoms with Gasteiger partial charge in [-0.2, -0.15) is 5.26 Å². The number of carbonyl (C=O) groups is 1. The first-order valence-corrected chi connectivity index (χ1v) is 7.49. The van der Waals surface area contributed by atoms with Crippen molar-refractivity contribution in [3.05, 3.63) is 65.1 Å². The van der Waals surface area contributed by atoms with Crippen molar-refractivity contribution < 1.29 is 9.21 Å². The Morgan fingerprint density at radius 3 is 2.71 bits per heavy atom. The highest BCUT2D eigenvalue weighted by molar-refractivity contribution is 6.31. The second-order valence-electron chi connectivity index (χ2n) is 5.08. The fraction of sp³-hybridized carbons (Fsp3) is 0.0556. The van der Waals surface area contributed by atoms with Crippen LogP contribution in [0.3, 0.4) is 0 Å². The average Bonchev–Trinajstić information content (AvgIpc) is 2.98. The van der Waals surface area contributed by atoms with Crippen LogP contribution in [-0.2, 0) is 0 Å². The summed E-state index contributed by atoms with van der Waals surface area (Å²) in [6.07, 6.45) is 1.51. The quantitative estimate of drug-likeness (QED) is 0.553. The fourth-order valence-electron chi connectivity index (χ4n) is 2.11. The van der Waals surface area contributed by atoms with Crippen LogP contribution in [0.2, 0.25) is 5.02 Å². The molecular formula is C18H12ClN3O2. The zero-order chi connectivity index (χ0) is 17.1. The summed E-state index contributed by atoms with van der Waals surface area (Å²) in [5, 5.41) is 12.9. The highest BCUT2D eigenvalue weighted by atomic mass is 35.5. The van der Waals surface area contributed by atoms with Crippen molar-refractivity contribution in [2.45, 2.75) is 6.92 Å². The molecule has 1 heterocycles. The second-order valence-corrected chi connectivity index (χ2v) is 5.52. The van der Waals surface area contributed by atoms with E-state index in [9.17, 15) is 10.1 Å². The number of ketones is 1. The molecule has 0 amide bonds. The van der Waals surface area contributed by atoms with Gasteiger partial charge in [0.05, 0.1) is 0 Å². The molecule has 0 aliphatic rings. The van der Waals surface area contributed by atoms with Crippen LogP contribution in [0, 0.1) is 11.3 Å². The zero-order valence-corrected chi connectivity index (χ0v) is 13.5. The van der Waals surface area contributed by atoms with Gasteiger partial charge in [-0.25, -0.2) is 4.98 Å². The molecule has 0 atom stereocenters. The molecule has 0 fully saturated rings. The van der Waals surface area contributed by atoms with Gasteiger partial charge in [0.1, 0.15) is 17.2 Å². The molecule has 1 aromatic heterocycles. The number of nitrogens with zero attached hydrogens (tertiary/aromatic N) is 2. The van der Waals surface area contributed by atoms with Gasteiger partial charge < -0.3 is 9.73 Å². The first kappa shape index (κ1) is 15.8. The van der Waals surface area contributed by atoms with Gasteiger partial charge in [0, 0.05) is 22.5 Å². The molecule has 3 rings (SSSR count).